The van der Waals surface area contributed by atoms with E-state index < -0.39 is 0 Å². The molecule has 0 bridgehead atoms. The van der Waals surface area contributed by atoms with Crippen molar-refractivity contribution in [2.24, 2.45) is 0 Å². The van der Waals surface area contributed by atoms with Gasteiger partial charge in [0.2, 0.25) is 5.16 Å². The van der Waals surface area contributed by atoms with Gasteiger partial charge in [0.15, 0.2) is 5.82 Å². The van der Waals surface area contributed by atoms with Crippen molar-refractivity contribution in [2.45, 2.75) is 17.8 Å². The summed E-state index contributed by atoms with van der Waals surface area (Å²) in [6.45, 7) is 2.04. The highest BCUT2D eigenvalue weighted by Crippen LogP contribution is 2.23. The Morgan fingerprint density at radius 1 is 1.20 bits per heavy atom. The van der Waals surface area contributed by atoms with E-state index >= 15 is 0 Å². The van der Waals surface area contributed by atoms with Crippen LogP contribution in [0.3, 0.4) is 0 Å². The molecule has 0 aliphatic rings. The van der Waals surface area contributed by atoms with E-state index in [2.05, 4.69) is 15.4 Å². The zero-order valence-corrected chi connectivity index (χ0v) is 11.7. The fourth-order valence-electron chi connectivity index (χ4n) is 1.73. The molecule has 0 unspecified atom stereocenters. The molecule has 102 valence electrons. The Kier molecular flexibility index (Phi) is 3.42. The van der Waals surface area contributed by atoms with Crippen LogP contribution in [-0.2, 0) is 5.75 Å². The van der Waals surface area contributed by atoms with Crippen LogP contribution in [0.4, 0.5) is 0 Å². The van der Waals surface area contributed by atoms with Crippen LogP contribution in [0.1, 0.15) is 11.3 Å². The van der Waals surface area contributed by atoms with Crippen LogP contribution in [0.25, 0.3) is 11.4 Å². The van der Waals surface area contributed by atoms with E-state index in [1.807, 2.05) is 37.3 Å². The summed E-state index contributed by atoms with van der Waals surface area (Å²) in [6, 6.07) is 9.81. The highest BCUT2D eigenvalue weighted by molar-refractivity contribution is 7.98. The first kappa shape index (κ1) is 12.7. The zero-order valence-electron chi connectivity index (χ0n) is 10.9. The fourth-order valence-corrected chi connectivity index (χ4v) is 2.48. The van der Waals surface area contributed by atoms with Crippen LogP contribution < -0.4 is 5.84 Å². The van der Waals surface area contributed by atoms with E-state index in [-0.39, 0.29) is 0 Å². The maximum absolute atomic E-state index is 6.04. The summed E-state index contributed by atoms with van der Waals surface area (Å²) in [7, 11) is 0. The van der Waals surface area contributed by atoms with Gasteiger partial charge in [0, 0.05) is 17.4 Å². The molecule has 2 N–H and O–H groups in total. The topological polar surface area (TPSA) is 82.8 Å². The molecule has 3 aromatic rings. The number of nitrogen functional groups attached to an aromatic ring is 1. The van der Waals surface area contributed by atoms with Crippen molar-refractivity contribution < 1.29 is 4.52 Å². The second-order valence-electron chi connectivity index (χ2n) is 4.32. The minimum atomic E-state index is 0.639. The maximum atomic E-state index is 6.04. The number of nitrogens with two attached hydrogens (primary N) is 1. The molecule has 1 aromatic carbocycles. The Balaban J connectivity index is 1.79. The van der Waals surface area contributed by atoms with Gasteiger partial charge in [-0.15, -0.1) is 10.2 Å². The van der Waals surface area contributed by atoms with Crippen LogP contribution in [0, 0.1) is 6.92 Å². The highest BCUT2D eigenvalue weighted by atomic mass is 32.2. The van der Waals surface area contributed by atoms with Crippen molar-refractivity contribution in [1.82, 2.24) is 20.0 Å². The van der Waals surface area contributed by atoms with Crippen molar-refractivity contribution in [3.05, 3.63) is 47.9 Å². The molecule has 0 amide bonds. The van der Waals surface area contributed by atoms with Crippen molar-refractivity contribution in [2.75, 3.05) is 5.84 Å². The third-order valence-corrected chi connectivity index (χ3v) is 3.79. The largest absolute Gasteiger partial charge is 0.364 e. The number of rotatable bonds is 4. The van der Waals surface area contributed by atoms with E-state index in [1.165, 1.54) is 22.0 Å². The second-order valence-corrected chi connectivity index (χ2v) is 5.26. The first-order valence-electron chi connectivity index (χ1n) is 6.03. The molecule has 0 atom stereocenters. The van der Waals surface area contributed by atoms with Gasteiger partial charge in [-0.25, -0.2) is 4.68 Å². The molecule has 7 heteroatoms. The Hall–Kier alpha value is -2.28. The van der Waals surface area contributed by atoms with E-state index in [0.29, 0.717) is 16.7 Å². The van der Waals surface area contributed by atoms with Crippen LogP contribution in [-0.4, -0.2) is 20.0 Å². The minimum absolute atomic E-state index is 0.639. The van der Waals surface area contributed by atoms with Gasteiger partial charge < -0.3 is 10.4 Å². The molecule has 3 rings (SSSR count). The van der Waals surface area contributed by atoms with E-state index in [1.54, 1.807) is 6.26 Å². The average Bonchev–Trinajstić information content (AvgIpc) is 3.08. The Morgan fingerprint density at radius 3 is 2.70 bits per heavy atom. The minimum Gasteiger partial charge on any atom is -0.364 e. The van der Waals surface area contributed by atoms with Gasteiger partial charge in [0.25, 0.3) is 0 Å². The lowest BCUT2D eigenvalue weighted by Crippen LogP contribution is -2.11. The summed E-state index contributed by atoms with van der Waals surface area (Å²) in [5, 5.41) is 12.7. The van der Waals surface area contributed by atoms with Gasteiger partial charge in [0.05, 0.1) is 5.69 Å². The molecule has 0 saturated heterocycles. The fraction of sp³-hybridized carbons (Fsp3) is 0.154. The summed E-state index contributed by atoms with van der Waals surface area (Å²) in [4.78, 5) is 0. The predicted molar refractivity (Wildman–Crippen MR) is 76.4 cm³/mol. The number of aromatic nitrogens is 4. The first-order valence-corrected chi connectivity index (χ1v) is 7.02. The molecule has 0 spiro atoms. The van der Waals surface area contributed by atoms with Crippen molar-refractivity contribution >= 4 is 11.8 Å². The van der Waals surface area contributed by atoms with Crippen molar-refractivity contribution in [1.29, 1.82) is 0 Å². The summed E-state index contributed by atoms with van der Waals surface area (Å²) >= 11 is 1.47. The third kappa shape index (κ3) is 2.53. The quantitative estimate of drug-likeness (QED) is 0.585. The SMILES string of the molecule is Cc1ccc(-c2nnc(SCc3ccon3)n2N)cc1. The lowest BCUT2D eigenvalue weighted by atomic mass is 10.1. The van der Waals surface area contributed by atoms with E-state index in [4.69, 9.17) is 10.4 Å². The summed E-state index contributed by atoms with van der Waals surface area (Å²) < 4.78 is 6.28. The lowest BCUT2D eigenvalue weighted by Gasteiger charge is -2.03. The lowest BCUT2D eigenvalue weighted by molar-refractivity contribution is 0.414. The highest BCUT2D eigenvalue weighted by Gasteiger charge is 2.12. The number of hydrogen-bond acceptors (Lipinski definition) is 6. The Bertz CT molecular complexity index is 690. The van der Waals surface area contributed by atoms with Gasteiger partial charge in [0.1, 0.15) is 6.26 Å². The number of hydrogen-bond donors (Lipinski definition) is 1. The molecule has 0 aliphatic carbocycles. The van der Waals surface area contributed by atoms with Crippen molar-refractivity contribution in [3.63, 3.8) is 0 Å². The predicted octanol–water partition coefficient (Wildman–Crippen LogP) is 2.25. The van der Waals surface area contributed by atoms with Crippen LogP contribution >= 0.6 is 11.8 Å². The molecule has 0 fully saturated rings. The maximum Gasteiger partial charge on any atom is 0.210 e. The van der Waals surface area contributed by atoms with Crippen LogP contribution in [0.5, 0.6) is 0 Å². The first-order chi connectivity index (χ1) is 9.74. The van der Waals surface area contributed by atoms with Crippen LogP contribution in [0.15, 0.2) is 46.3 Å². The third-order valence-electron chi connectivity index (χ3n) is 2.81. The number of aryl methyl sites for hydroxylation is 1. The Labute approximate surface area is 120 Å². The molecular formula is C13H13N5OS. The van der Waals surface area contributed by atoms with E-state index in [9.17, 15) is 0 Å². The summed E-state index contributed by atoms with van der Waals surface area (Å²) in [5.41, 5.74) is 2.98. The van der Waals surface area contributed by atoms with Gasteiger partial charge >= 0.3 is 0 Å². The molecule has 20 heavy (non-hydrogen) atoms. The Morgan fingerprint density at radius 2 is 2.00 bits per heavy atom. The second kappa shape index (κ2) is 5.38. The van der Waals surface area contributed by atoms with Crippen molar-refractivity contribution in [3.8, 4) is 11.4 Å². The van der Waals surface area contributed by atoms with E-state index in [0.717, 1.165) is 11.3 Å². The summed E-state index contributed by atoms with van der Waals surface area (Å²) in [5.74, 6) is 7.32. The molecule has 6 nitrogen and oxygen atoms in total. The average molecular weight is 287 g/mol. The summed E-state index contributed by atoms with van der Waals surface area (Å²) in [6.07, 6.45) is 1.54. The van der Waals surface area contributed by atoms with Gasteiger partial charge in [-0.1, -0.05) is 46.7 Å². The molecule has 0 saturated carbocycles. The van der Waals surface area contributed by atoms with Crippen LogP contribution in [0.2, 0.25) is 0 Å². The molecule has 0 aliphatic heterocycles. The number of nitrogens with zero attached hydrogens (tertiary/aromatic N) is 4. The zero-order chi connectivity index (χ0) is 13.9. The smallest absolute Gasteiger partial charge is 0.210 e. The number of benzene rings is 1. The van der Waals surface area contributed by atoms with Gasteiger partial charge in [-0.2, -0.15) is 0 Å². The molecule has 2 heterocycles. The normalized spacial score (nSPS) is 10.8. The van der Waals surface area contributed by atoms with Gasteiger partial charge in [-0.3, -0.25) is 0 Å². The standard InChI is InChI=1S/C13H13N5OS/c1-9-2-4-10(5-3-9)12-15-16-13(18(12)14)20-8-11-6-7-19-17-11/h2-7H,8,14H2,1H3. The molecule has 0 radical (unpaired) electrons. The van der Waals surface area contributed by atoms with Gasteiger partial charge in [-0.05, 0) is 6.92 Å². The molecular weight excluding hydrogens is 274 g/mol. The monoisotopic (exact) mass is 287 g/mol. The number of thioether (sulfide) groups is 1. The molecule has 2 aromatic heterocycles.